The number of nitrogens with zero attached hydrogens (tertiary/aromatic N) is 2. The third kappa shape index (κ3) is 1.31. The van der Waals surface area contributed by atoms with Crippen LogP contribution in [0.3, 0.4) is 0 Å². The Morgan fingerprint density at radius 2 is 2.23 bits per heavy atom. The van der Waals surface area contributed by atoms with E-state index in [1.807, 2.05) is 0 Å². The molecule has 4 rings (SSSR count). The lowest BCUT2D eigenvalue weighted by atomic mass is 9.95. The van der Waals surface area contributed by atoms with Gasteiger partial charge in [-0.1, -0.05) is 0 Å². The van der Waals surface area contributed by atoms with Crippen molar-refractivity contribution in [2.45, 2.75) is 36.6 Å². The first-order chi connectivity index (χ1) is 10.2. The van der Waals surface area contributed by atoms with Crippen molar-refractivity contribution in [2.75, 3.05) is 5.73 Å². The van der Waals surface area contributed by atoms with Gasteiger partial charge in [0.2, 0.25) is 5.95 Å². The molecular weight excluding hydrogens is 299 g/mol. The molecule has 2 aliphatic rings. The largest absolute Gasteiger partial charge is 0.387 e. The maximum atomic E-state index is 14.0. The maximum Gasteiger partial charge on any atom is 0.264 e. The molecule has 10 heteroatoms. The quantitative estimate of drug-likeness (QED) is 0.417. The molecule has 0 radical (unpaired) electrons. The number of aromatic nitrogens is 3. The molecule has 2 aromatic heterocycles. The molecule has 3 heterocycles. The van der Waals surface area contributed by atoms with Gasteiger partial charge in [-0.2, -0.15) is 4.98 Å². The van der Waals surface area contributed by atoms with E-state index in [4.69, 9.17) is 10.5 Å². The number of fused-ring (bicyclic) bond motifs is 2. The van der Waals surface area contributed by atoms with Crippen molar-refractivity contribution in [1.82, 2.24) is 14.5 Å². The Balaban J connectivity index is 1.92. The van der Waals surface area contributed by atoms with Gasteiger partial charge >= 0.3 is 0 Å². The van der Waals surface area contributed by atoms with Crippen LogP contribution in [0.25, 0.3) is 11.0 Å². The molecule has 5 atom stereocenters. The molecule has 2 unspecified atom stereocenters. The van der Waals surface area contributed by atoms with Gasteiger partial charge < -0.3 is 25.8 Å². The molecular formula is C12H13FN4O5. The van der Waals surface area contributed by atoms with Gasteiger partial charge in [0.15, 0.2) is 23.3 Å². The molecule has 118 valence electrons. The topological polar surface area (TPSA) is 147 Å². The van der Waals surface area contributed by atoms with E-state index in [0.29, 0.717) is 0 Å². The van der Waals surface area contributed by atoms with Crippen molar-refractivity contribution in [3.63, 3.8) is 0 Å². The van der Waals surface area contributed by atoms with Crippen LogP contribution in [0.5, 0.6) is 0 Å². The van der Waals surface area contributed by atoms with Gasteiger partial charge in [0, 0.05) is 6.20 Å². The van der Waals surface area contributed by atoms with E-state index >= 15 is 0 Å². The average Bonchev–Trinajstić information content (AvgIpc) is 2.71. The number of hydrogen-bond acceptors (Lipinski definition) is 7. The maximum absolute atomic E-state index is 14.0. The van der Waals surface area contributed by atoms with E-state index in [0.717, 1.165) is 10.8 Å². The summed E-state index contributed by atoms with van der Waals surface area (Å²) in [6.07, 6.45) is -2.52. The number of rotatable bonds is 1. The van der Waals surface area contributed by atoms with Crippen molar-refractivity contribution >= 4 is 17.0 Å². The second kappa shape index (κ2) is 3.66. The normalized spacial score (nSPS) is 40.1. The van der Waals surface area contributed by atoms with E-state index in [1.54, 1.807) is 0 Å². The van der Waals surface area contributed by atoms with Crippen LogP contribution in [-0.4, -0.2) is 53.3 Å². The van der Waals surface area contributed by atoms with E-state index in [-0.39, 0.29) is 17.0 Å². The summed E-state index contributed by atoms with van der Waals surface area (Å²) in [7, 11) is 0. The van der Waals surface area contributed by atoms with Crippen molar-refractivity contribution in [2.24, 2.45) is 0 Å². The van der Waals surface area contributed by atoms with Crippen LogP contribution in [0.4, 0.5) is 10.3 Å². The summed E-state index contributed by atoms with van der Waals surface area (Å²) < 4.78 is 20.5. The number of aliphatic hydroxyl groups excluding tert-OH is 1. The highest BCUT2D eigenvalue weighted by Gasteiger charge is 2.82. The second-order valence-electron chi connectivity index (χ2n) is 5.86. The molecule has 0 spiro atoms. The van der Waals surface area contributed by atoms with Gasteiger partial charge in [-0.25, -0.2) is 4.39 Å². The third-order valence-corrected chi connectivity index (χ3v) is 4.54. The number of ether oxygens (including phenoxy) is 1. The summed E-state index contributed by atoms with van der Waals surface area (Å²) in [4.78, 5) is 17.8. The van der Waals surface area contributed by atoms with Crippen LogP contribution in [0.1, 0.15) is 13.2 Å². The molecule has 0 bridgehead atoms. The van der Waals surface area contributed by atoms with Crippen molar-refractivity contribution < 1.29 is 24.4 Å². The number of aromatic amines is 1. The predicted molar refractivity (Wildman–Crippen MR) is 70.2 cm³/mol. The van der Waals surface area contributed by atoms with Crippen LogP contribution in [-0.2, 0) is 4.74 Å². The molecule has 1 aliphatic carbocycles. The molecule has 22 heavy (non-hydrogen) atoms. The van der Waals surface area contributed by atoms with Gasteiger partial charge in [-0.05, 0) is 6.92 Å². The summed E-state index contributed by atoms with van der Waals surface area (Å²) in [5.74, 6) is -1.09. The Morgan fingerprint density at radius 3 is 2.82 bits per heavy atom. The first-order valence-corrected chi connectivity index (χ1v) is 6.53. The smallest absolute Gasteiger partial charge is 0.264 e. The SMILES string of the molecule is C[C@]1(O)C(n2cc(F)c3c(=O)[nH]c(N)nc32)O[C@@H]2C(O)[C@@]21O. The zero-order valence-corrected chi connectivity index (χ0v) is 11.3. The number of aliphatic hydroxyl groups is 3. The molecule has 0 aromatic carbocycles. The minimum Gasteiger partial charge on any atom is -0.387 e. The Morgan fingerprint density at radius 1 is 1.55 bits per heavy atom. The Hall–Kier alpha value is -2.01. The summed E-state index contributed by atoms with van der Waals surface area (Å²) in [6, 6.07) is 0. The van der Waals surface area contributed by atoms with Crippen LogP contribution in [0, 0.1) is 5.82 Å². The summed E-state index contributed by atoms with van der Waals surface area (Å²) >= 11 is 0. The van der Waals surface area contributed by atoms with Crippen molar-refractivity contribution in [1.29, 1.82) is 0 Å². The second-order valence-corrected chi connectivity index (χ2v) is 5.86. The molecule has 0 amide bonds. The monoisotopic (exact) mass is 312 g/mol. The summed E-state index contributed by atoms with van der Waals surface area (Å²) in [5.41, 5.74) is 0.815. The lowest BCUT2D eigenvalue weighted by Crippen LogP contribution is -2.48. The summed E-state index contributed by atoms with van der Waals surface area (Å²) in [5, 5.41) is 30.0. The van der Waals surface area contributed by atoms with Crippen LogP contribution >= 0.6 is 0 Å². The lowest BCUT2D eigenvalue weighted by molar-refractivity contribution is -0.157. The first-order valence-electron chi connectivity index (χ1n) is 6.53. The van der Waals surface area contributed by atoms with E-state index < -0.39 is 41.0 Å². The molecule has 2 aromatic rings. The molecule has 2 fully saturated rings. The van der Waals surface area contributed by atoms with Crippen molar-refractivity contribution in [3.8, 4) is 0 Å². The highest BCUT2D eigenvalue weighted by atomic mass is 19.1. The van der Waals surface area contributed by atoms with Crippen molar-refractivity contribution in [3.05, 3.63) is 22.4 Å². The molecule has 9 nitrogen and oxygen atoms in total. The fraction of sp³-hybridized carbons (Fsp3) is 0.500. The minimum atomic E-state index is -1.91. The minimum absolute atomic E-state index is 0.122. The van der Waals surface area contributed by atoms with Gasteiger partial charge in [-0.15, -0.1) is 0 Å². The molecule has 1 aliphatic heterocycles. The van der Waals surface area contributed by atoms with E-state index in [9.17, 15) is 24.5 Å². The molecule has 6 N–H and O–H groups in total. The number of H-pyrrole nitrogens is 1. The molecule has 1 saturated carbocycles. The average molecular weight is 312 g/mol. The Bertz CT molecular complexity index is 861. The third-order valence-electron chi connectivity index (χ3n) is 4.54. The number of nitrogen functional groups attached to an aromatic ring is 1. The summed E-state index contributed by atoms with van der Waals surface area (Å²) in [6.45, 7) is 1.26. The number of nitrogens with one attached hydrogen (secondary N) is 1. The lowest BCUT2D eigenvalue weighted by Gasteiger charge is -2.32. The highest BCUT2D eigenvalue weighted by molar-refractivity contribution is 5.77. The number of anilines is 1. The number of hydrogen-bond donors (Lipinski definition) is 5. The Labute approximate surface area is 121 Å². The zero-order chi connectivity index (χ0) is 16.0. The fourth-order valence-electron chi connectivity index (χ4n) is 3.20. The fourth-order valence-corrected chi connectivity index (χ4v) is 3.20. The first kappa shape index (κ1) is 13.6. The highest BCUT2D eigenvalue weighted by Crippen LogP contribution is 2.59. The van der Waals surface area contributed by atoms with Gasteiger partial charge in [0.05, 0.1) is 0 Å². The van der Waals surface area contributed by atoms with Gasteiger partial charge in [0.1, 0.15) is 23.2 Å². The number of nitrogens with two attached hydrogens (primary N) is 1. The van der Waals surface area contributed by atoms with Crippen LogP contribution in [0.15, 0.2) is 11.0 Å². The van der Waals surface area contributed by atoms with Gasteiger partial charge in [-0.3, -0.25) is 14.3 Å². The van der Waals surface area contributed by atoms with E-state index in [1.165, 1.54) is 6.92 Å². The van der Waals surface area contributed by atoms with Crippen LogP contribution < -0.4 is 11.3 Å². The Kier molecular flexibility index (Phi) is 2.27. The predicted octanol–water partition coefficient (Wildman–Crippen LogP) is -1.80. The number of halogens is 1. The standard InChI is InChI=1S/C12H13FN4O5/c1-11(20)9(22-6-5(18)12(6,11)21)17-2-3(13)4-7(17)15-10(14)16-8(4)19/h2,5-6,9,18,20-21H,1H3,(H3,14,15,16,19)/t5?,6-,9?,11+,12-/m1/s1. The van der Waals surface area contributed by atoms with Gasteiger partial charge in [0.25, 0.3) is 5.56 Å². The van der Waals surface area contributed by atoms with Crippen LogP contribution in [0.2, 0.25) is 0 Å². The van der Waals surface area contributed by atoms with E-state index in [2.05, 4.69) is 9.97 Å². The zero-order valence-electron chi connectivity index (χ0n) is 11.3. The molecule has 1 saturated heterocycles.